The van der Waals surface area contributed by atoms with Crippen LogP contribution in [0.5, 0.6) is 0 Å². The second-order valence-corrected chi connectivity index (χ2v) is 6.95. The number of nitro benzene ring substituents is 1. The summed E-state index contributed by atoms with van der Waals surface area (Å²) < 4.78 is 0. The van der Waals surface area contributed by atoms with Crippen molar-refractivity contribution >= 4 is 52.1 Å². The molecule has 2 rings (SSSR count). The minimum atomic E-state index is -0.427. The molecule has 0 aromatic heterocycles. The Labute approximate surface area is 154 Å². The van der Waals surface area contributed by atoms with Crippen molar-refractivity contribution in [1.82, 2.24) is 5.32 Å². The molecule has 0 aliphatic rings. The summed E-state index contributed by atoms with van der Waals surface area (Å²) in [4.78, 5) is 11.5. The molecule has 0 radical (unpaired) electrons. The summed E-state index contributed by atoms with van der Waals surface area (Å²) in [7, 11) is 0. The van der Waals surface area contributed by atoms with Gasteiger partial charge in [0.05, 0.1) is 4.92 Å². The number of thiocarbonyl (C=S) groups is 1. The smallest absolute Gasteiger partial charge is 0.271 e. The van der Waals surface area contributed by atoms with Gasteiger partial charge in [-0.15, -0.1) is 11.8 Å². The number of rotatable bonds is 6. The molecule has 126 valence electrons. The van der Waals surface area contributed by atoms with Crippen molar-refractivity contribution in [3.63, 3.8) is 0 Å². The average molecular weight is 382 g/mol. The predicted molar refractivity (Wildman–Crippen MR) is 104 cm³/mol. The lowest BCUT2D eigenvalue weighted by Crippen LogP contribution is -2.30. The summed E-state index contributed by atoms with van der Waals surface area (Å²) in [6.07, 6.45) is 0. The molecule has 0 unspecified atom stereocenters. The Bertz CT molecular complexity index is 739. The lowest BCUT2D eigenvalue weighted by atomic mass is 10.2. The summed E-state index contributed by atoms with van der Waals surface area (Å²) in [6.45, 7) is 2.54. The van der Waals surface area contributed by atoms with E-state index in [1.54, 1.807) is 17.8 Å². The molecule has 2 N–H and O–H groups in total. The number of anilines is 1. The fourth-order valence-electron chi connectivity index (χ4n) is 1.89. The first-order chi connectivity index (χ1) is 11.5. The largest absolute Gasteiger partial charge is 0.362 e. The molecule has 0 atom stereocenters. The van der Waals surface area contributed by atoms with Crippen LogP contribution < -0.4 is 10.6 Å². The molecule has 8 heteroatoms. The number of non-ortho nitro benzene ring substituents is 1. The maximum Gasteiger partial charge on any atom is 0.271 e. The van der Waals surface area contributed by atoms with Crippen LogP contribution in [0.4, 0.5) is 11.4 Å². The van der Waals surface area contributed by atoms with E-state index in [0.29, 0.717) is 17.3 Å². The van der Waals surface area contributed by atoms with Crippen molar-refractivity contribution < 1.29 is 4.92 Å². The molecule has 24 heavy (non-hydrogen) atoms. The van der Waals surface area contributed by atoms with E-state index in [2.05, 4.69) is 10.6 Å². The molecule has 0 fully saturated rings. The fourth-order valence-corrected chi connectivity index (χ4v) is 3.00. The quantitative estimate of drug-likeness (QED) is 0.250. The first kappa shape index (κ1) is 18.5. The van der Waals surface area contributed by atoms with Crippen LogP contribution in [0.3, 0.4) is 0 Å². The topological polar surface area (TPSA) is 67.2 Å². The highest BCUT2D eigenvalue weighted by molar-refractivity contribution is 7.99. The summed E-state index contributed by atoms with van der Waals surface area (Å²) in [5.41, 5.74) is 1.55. The Morgan fingerprint density at radius 2 is 2.00 bits per heavy atom. The van der Waals surface area contributed by atoms with Crippen LogP contribution in [0.1, 0.15) is 5.56 Å². The van der Waals surface area contributed by atoms with Crippen LogP contribution in [0.25, 0.3) is 0 Å². The Morgan fingerprint density at radius 3 is 2.67 bits per heavy atom. The van der Waals surface area contributed by atoms with Gasteiger partial charge in [-0.05, 0) is 49.0 Å². The molecule has 0 amide bonds. The molecule has 0 spiro atoms. The molecule has 0 aliphatic carbocycles. The monoisotopic (exact) mass is 381 g/mol. The minimum absolute atomic E-state index is 0.0317. The second-order valence-electron chi connectivity index (χ2n) is 4.94. The zero-order chi connectivity index (χ0) is 17.5. The van der Waals surface area contributed by atoms with E-state index in [9.17, 15) is 10.1 Å². The maximum atomic E-state index is 10.8. The number of nitrogens with zero attached hydrogens (tertiary/aromatic N) is 1. The third kappa shape index (κ3) is 5.67. The Hall–Kier alpha value is -1.83. The summed E-state index contributed by atoms with van der Waals surface area (Å²) in [6, 6.07) is 12.3. The van der Waals surface area contributed by atoms with Gasteiger partial charge in [-0.2, -0.15) is 0 Å². The molecule has 0 heterocycles. The maximum absolute atomic E-state index is 10.8. The van der Waals surface area contributed by atoms with Gasteiger partial charge in [0.25, 0.3) is 5.69 Å². The third-order valence-electron chi connectivity index (χ3n) is 3.15. The number of hydrogen-bond acceptors (Lipinski definition) is 4. The number of thioether (sulfide) groups is 1. The van der Waals surface area contributed by atoms with Crippen LogP contribution in [-0.2, 0) is 0 Å². The van der Waals surface area contributed by atoms with Crippen LogP contribution in [0.2, 0.25) is 5.02 Å². The standard InChI is InChI=1S/C16H16ClN3O2S2/c1-11-2-5-13(20(21)22)10-15(11)19-16(23)18-8-9-24-14-6-3-12(17)4-7-14/h2-7,10H,8-9H2,1H3,(H2,18,19,23). The van der Waals surface area contributed by atoms with Gasteiger partial charge in [0.2, 0.25) is 0 Å². The van der Waals surface area contributed by atoms with E-state index in [1.807, 2.05) is 31.2 Å². The van der Waals surface area contributed by atoms with Gasteiger partial charge < -0.3 is 10.6 Å². The Balaban J connectivity index is 1.80. The second kappa shape index (κ2) is 8.86. The highest BCUT2D eigenvalue weighted by Crippen LogP contribution is 2.22. The lowest BCUT2D eigenvalue weighted by Gasteiger charge is -2.12. The van der Waals surface area contributed by atoms with Gasteiger partial charge in [-0.1, -0.05) is 17.7 Å². The SMILES string of the molecule is Cc1ccc([N+](=O)[O-])cc1NC(=S)NCCSc1ccc(Cl)cc1. The number of hydrogen-bond donors (Lipinski definition) is 2. The van der Waals surface area contributed by atoms with E-state index in [4.69, 9.17) is 23.8 Å². The van der Waals surface area contributed by atoms with Gasteiger partial charge >= 0.3 is 0 Å². The van der Waals surface area contributed by atoms with Gasteiger partial charge in [0.15, 0.2) is 5.11 Å². The molecule has 2 aromatic rings. The fraction of sp³-hybridized carbons (Fsp3) is 0.188. The zero-order valence-corrected chi connectivity index (χ0v) is 15.3. The van der Waals surface area contributed by atoms with Crippen molar-refractivity contribution in [2.45, 2.75) is 11.8 Å². The van der Waals surface area contributed by atoms with E-state index >= 15 is 0 Å². The van der Waals surface area contributed by atoms with Crippen LogP contribution >= 0.6 is 35.6 Å². The van der Waals surface area contributed by atoms with Crippen LogP contribution in [0, 0.1) is 17.0 Å². The van der Waals surface area contributed by atoms with Gasteiger partial charge in [-0.3, -0.25) is 10.1 Å². The van der Waals surface area contributed by atoms with Crippen molar-refractivity contribution in [2.24, 2.45) is 0 Å². The Morgan fingerprint density at radius 1 is 1.29 bits per heavy atom. The third-order valence-corrected chi connectivity index (χ3v) is 4.66. The van der Waals surface area contributed by atoms with E-state index in [1.165, 1.54) is 12.1 Å². The molecule has 5 nitrogen and oxygen atoms in total. The summed E-state index contributed by atoms with van der Waals surface area (Å²) >= 11 is 12.8. The minimum Gasteiger partial charge on any atom is -0.362 e. The van der Waals surface area contributed by atoms with E-state index in [-0.39, 0.29) is 5.69 Å². The number of nitrogens with one attached hydrogen (secondary N) is 2. The van der Waals surface area contributed by atoms with Gasteiger partial charge in [0, 0.05) is 40.0 Å². The van der Waals surface area contributed by atoms with E-state index < -0.39 is 4.92 Å². The lowest BCUT2D eigenvalue weighted by molar-refractivity contribution is -0.384. The van der Waals surface area contributed by atoms with Gasteiger partial charge in [0.1, 0.15) is 0 Å². The Kier molecular flexibility index (Phi) is 6.84. The molecular weight excluding hydrogens is 366 g/mol. The highest BCUT2D eigenvalue weighted by atomic mass is 35.5. The number of aryl methyl sites for hydroxylation is 1. The molecule has 0 bridgehead atoms. The van der Waals surface area contributed by atoms with Gasteiger partial charge in [-0.25, -0.2) is 0 Å². The molecule has 0 saturated heterocycles. The van der Waals surface area contributed by atoms with E-state index in [0.717, 1.165) is 21.2 Å². The normalized spacial score (nSPS) is 10.2. The zero-order valence-electron chi connectivity index (χ0n) is 12.9. The van der Waals surface area contributed by atoms with Crippen molar-refractivity contribution in [3.8, 4) is 0 Å². The van der Waals surface area contributed by atoms with Crippen molar-refractivity contribution in [2.75, 3.05) is 17.6 Å². The number of nitro groups is 1. The van der Waals surface area contributed by atoms with Crippen LogP contribution in [-0.4, -0.2) is 22.3 Å². The van der Waals surface area contributed by atoms with Crippen LogP contribution in [0.15, 0.2) is 47.4 Å². The first-order valence-electron chi connectivity index (χ1n) is 7.14. The number of benzene rings is 2. The molecule has 0 aliphatic heterocycles. The average Bonchev–Trinajstić information content (AvgIpc) is 2.55. The summed E-state index contributed by atoms with van der Waals surface area (Å²) in [5, 5.41) is 18.1. The first-order valence-corrected chi connectivity index (χ1v) is 8.91. The summed E-state index contributed by atoms with van der Waals surface area (Å²) in [5.74, 6) is 0.831. The van der Waals surface area contributed by atoms with Crippen molar-refractivity contribution in [3.05, 3.63) is 63.2 Å². The molecule has 2 aromatic carbocycles. The van der Waals surface area contributed by atoms with Crippen molar-refractivity contribution in [1.29, 1.82) is 0 Å². The highest BCUT2D eigenvalue weighted by Gasteiger charge is 2.09. The number of halogens is 1. The predicted octanol–water partition coefficient (Wildman–Crippen LogP) is 4.64. The molecular formula is C16H16ClN3O2S2. The molecule has 0 saturated carbocycles.